The Bertz CT molecular complexity index is 210. The van der Waals surface area contributed by atoms with Gasteiger partial charge in [-0.2, -0.15) is 0 Å². The molecule has 0 aliphatic rings. The van der Waals surface area contributed by atoms with Crippen molar-refractivity contribution in [3.8, 4) is 0 Å². The number of nitrogens with two attached hydrogens (primary N) is 1. The number of rotatable bonds is 9. The zero-order chi connectivity index (χ0) is 13.3. The number of ether oxygens (including phenoxy) is 1. The fourth-order valence-electron chi connectivity index (χ4n) is 1.63. The highest BCUT2D eigenvalue weighted by Crippen LogP contribution is 1.98. The third-order valence-electron chi connectivity index (χ3n) is 2.79. The van der Waals surface area contributed by atoms with Gasteiger partial charge in [-0.05, 0) is 46.6 Å². The molecule has 0 heterocycles. The maximum absolute atomic E-state index is 11.1. The molecule has 1 atom stereocenters. The Morgan fingerprint density at radius 3 is 2.41 bits per heavy atom. The maximum Gasteiger partial charge on any atom is 0.322 e. The third kappa shape index (κ3) is 8.12. The Hall–Kier alpha value is -0.650. The Morgan fingerprint density at radius 2 is 1.94 bits per heavy atom. The van der Waals surface area contributed by atoms with Gasteiger partial charge in [0, 0.05) is 6.54 Å². The maximum atomic E-state index is 11.1. The van der Waals surface area contributed by atoms with Crippen LogP contribution >= 0.6 is 0 Å². The molecule has 2 N–H and O–H groups in total. The van der Waals surface area contributed by atoms with Crippen LogP contribution in [0.15, 0.2) is 0 Å². The summed E-state index contributed by atoms with van der Waals surface area (Å²) < 4.78 is 4.60. The fraction of sp³-hybridized carbons (Fsp3) is 0.917. The summed E-state index contributed by atoms with van der Waals surface area (Å²) in [6.07, 6.45) is 1.79. The van der Waals surface area contributed by atoms with Crippen molar-refractivity contribution >= 4 is 5.97 Å². The van der Waals surface area contributed by atoms with Gasteiger partial charge in [0.1, 0.15) is 6.04 Å². The molecule has 0 aliphatic carbocycles. The summed E-state index contributed by atoms with van der Waals surface area (Å²) in [5.74, 6) is -0.325. The number of esters is 1. The van der Waals surface area contributed by atoms with E-state index in [9.17, 15) is 4.79 Å². The van der Waals surface area contributed by atoms with E-state index in [1.807, 2.05) is 0 Å². The zero-order valence-corrected chi connectivity index (χ0v) is 11.6. The molecule has 0 saturated carbocycles. The minimum Gasteiger partial charge on any atom is -0.468 e. The highest BCUT2D eigenvalue weighted by atomic mass is 16.5. The third-order valence-corrected chi connectivity index (χ3v) is 2.79. The number of methoxy groups -OCH3 is 1. The van der Waals surface area contributed by atoms with Crippen LogP contribution in [0.2, 0.25) is 0 Å². The minimum absolute atomic E-state index is 0.325. The lowest BCUT2D eigenvalue weighted by atomic mass is 10.2. The molecule has 0 saturated heterocycles. The summed E-state index contributed by atoms with van der Waals surface area (Å²) in [7, 11) is 5.52. The molecule has 0 aromatic rings. The first-order chi connectivity index (χ1) is 8.01. The van der Waals surface area contributed by atoms with Crippen LogP contribution in [-0.4, -0.2) is 69.2 Å². The lowest BCUT2D eigenvalue weighted by Crippen LogP contribution is -2.37. The van der Waals surface area contributed by atoms with E-state index in [4.69, 9.17) is 5.73 Å². The molecule has 0 aromatic heterocycles. The lowest BCUT2D eigenvalue weighted by molar-refractivity contribution is -0.142. The predicted molar refractivity (Wildman–Crippen MR) is 69.9 cm³/mol. The van der Waals surface area contributed by atoms with E-state index in [1.165, 1.54) is 7.11 Å². The molecule has 17 heavy (non-hydrogen) atoms. The highest BCUT2D eigenvalue weighted by Gasteiger charge is 2.14. The van der Waals surface area contributed by atoms with Crippen LogP contribution in [0.3, 0.4) is 0 Å². The van der Waals surface area contributed by atoms with Crippen LogP contribution in [0.5, 0.6) is 0 Å². The smallest absolute Gasteiger partial charge is 0.322 e. The molecule has 0 spiro atoms. The predicted octanol–water partition coefficient (Wildman–Crippen LogP) is 0.150. The van der Waals surface area contributed by atoms with Gasteiger partial charge in [0.25, 0.3) is 0 Å². The van der Waals surface area contributed by atoms with Crippen molar-refractivity contribution in [2.75, 3.05) is 47.4 Å². The Balaban J connectivity index is 3.77. The largest absolute Gasteiger partial charge is 0.468 e. The van der Waals surface area contributed by atoms with E-state index < -0.39 is 6.04 Å². The molecule has 0 rings (SSSR count). The van der Waals surface area contributed by atoms with Gasteiger partial charge >= 0.3 is 5.97 Å². The molecular formula is C12H27N3O2. The van der Waals surface area contributed by atoms with Crippen molar-refractivity contribution in [3.05, 3.63) is 0 Å². The Kier molecular flexibility index (Phi) is 9.03. The summed E-state index contributed by atoms with van der Waals surface area (Å²) in [5.41, 5.74) is 5.70. The minimum atomic E-state index is -0.497. The first-order valence-corrected chi connectivity index (χ1v) is 6.21. The summed E-state index contributed by atoms with van der Waals surface area (Å²) in [6.45, 7) is 6.09. The van der Waals surface area contributed by atoms with Gasteiger partial charge in [0.2, 0.25) is 0 Å². The zero-order valence-electron chi connectivity index (χ0n) is 11.6. The van der Waals surface area contributed by atoms with E-state index in [-0.39, 0.29) is 5.97 Å². The SMILES string of the molecule is CCN(CCCN(C)C)CCC(N)C(=O)OC. The van der Waals surface area contributed by atoms with Gasteiger partial charge in [-0.25, -0.2) is 0 Å². The second-order valence-corrected chi connectivity index (χ2v) is 4.51. The summed E-state index contributed by atoms with van der Waals surface area (Å²) in [4.78, 5) is 15.6. The molecule has 0 aliphatic heterocycles. The lowest BCUT2D eigenvalue weighted by Gasteiger charge is -2.22. The van der Waals surface area contributed by atoms with Crippen LogP contribution in [0.25, 0.3) is 0 Å². The number of carbonyl (C=O) groups excluding carboxylic acids is 1. The van der Waals surface area contributed by atoms with Gasteiger partial charge in [-0.1, -0.05) is 6.92 Å². The summed E-state index contributed by atoms with van der Waals surface area (Å²) in [6, 6.07) is -0.497. The van der Waals surface area contributed by atoms with Crippen molar-refractivity contribution in [2.45, 2.75) is 25.8 Å². The summed E-state index contributed by atoms with van der Waals surface area (Å²) >= 11 is 0. The second-order valence-electron chi connectivity index (χ2n) is 4.51. The topological polar surface area (TPSA) is 58.8 Å². The number of hydrogen-bond acceptors (Lipinski definition) is 5. The fourth-order valence-corrected chi connectivity index (χ4v) is 1.63. The molecule has 1 unspecified atom stereocenters. The van der Waals surface area contributed by atoms with Crippen LogP contribution in [0.4, 0.5) is 0 Å². The van der Waals surface area contributed by atoms with E-state index in [0.717, 1.165) is 32.6 Å². The molecular weight excluding hydrogens is 218 g/mol. The molecule has 0 amide bonds. The average molecular weight is 245 g/mol. The molecule has 102 valence electrons. The Labute approximate surface area is 105 Å². The molecule has 5 nitrogen and oxygen atoms in total. The van der Waals surface area contributed by atoms with Gasteiger partial charge in [0.05, 0.1) is 7.11 Å². The van der Waals surface area contributed by atoms with Crippen molar-refractivity contribution in [3.63, 3.8) is 0 Å². The monoisotopic (exact) mass is 245 g/mol. The van der Waals surface area contributed by atoms with Crippen LogP contribution in [0.1, 0.15) is 19.8 Å². The number of carbonyl (C=O) groups is 1. The van der Waals surface area contributed by atoms with Crippen LogP contribution in [-0.2, 0) is 9.53 Å². The van der Waals surface area contributed by atoms with Gasteiger partial charge < -0.3 is 20.3 Å². The van der Waals surface area contributed by atoms with Crippen molar-refractivity contribution in [2.24, 2.45) is 5.73 Å². The standard InChI is InChI=1S/C12H27N3O2/c1-5-15(9-6-8-14(2)3)10-7-11(13)12(16)17-4/h11H,5-10,13H2,1-4H3. The van der Waals surface area contributed by atoms with E-state index in [2.05, 4.69) is 35.6 Å². The molecule has 0 radical (unpaired) electrons. The molecule has 0 bridgehead atoms. The van der Waals surface area contributed by atoms with Crippen molar-refractivity contribution in [1.82, 2.24) is 9.80 Å². The van der Waals surface area contributed by atoms with Gasteiger partial charge in [-0.3, -0.25) is 4.79 Å². The van der Waals surface area contributed by atoms with E-state index >= 15 is 0 Å². The second kappa shape index (κ2) is 9.39. The van der Waals surface area contributed by atoms with Crippen LogP contribution in [0, 0.1) is 0 Å². The molecule has 0 fully saturated rings. The summed E-state index contributed by atoms with van der Waals surface area (Å²) in [5, 5.41) is 0. The number of nitrogens with zero attached hydrogens (tertiary/aromatic N) is 2. The van der Waals surface area contributed by atoms with Crippen molar-refractivity contribution < 1.29 is 9.53 Å². The van der Waals surface area contributed by atoms with Crippen LogP contribution < -0.4 is 5.73 Å². The highest BCUT2D eigenvalue weighted by molar-refractivity contribution is 5.75. The first-order valence-electron chi connectivity index (χ1n) is 6.21. The van der Waals surface area contributed by atoms with E-state index in [1.54, 1.807) is 0 Å². The average Bonchev–Trinajstić information content (AvgIpc) is 2.31. The quantitative estimate of drug-likeness (QED) is 0.586. The van der Waals surface area contributed by atoms with E-state index in [0.29, 0.717) is 6.42 Å². The first kappa shape index (κ1) is 16.4. The number of hydrogen-bond donors (Lipinski definition) is 1. The van der Waals surface area contributed by atoms with Gasteiger partial charge in [-0.15, -0.1) is 0 Å². The normalized spacial score (nSPS) is 13.1. The molecule has 5 heteroatoms. The van der Waals surface area contributed by atoms with Crippen molar-refractivity contribution in [1.29, 1.82) is 0 Å². The van der Waals surface area contributed by atoms with Gasteiger partial charge in [0.15, 0.2) is 0 Å². The molecule has 0 aromatic carbocycles. The Morgan fingerprint density at radius 1 is 1.29 bits per heavy atom.